The number of methoxy groups -OCH3 is 1. The van der Waals surface area contributed by atoms with Gasteiger partial charge in [0, 0.05) is 12.7 Å². The van der Waals surface area contributed by atoms with Gasteiger partial charge in [-0.1, -0.05) is 36.9 Å². The Bertz CT molecular complexity index is 425. The van der Waals surface area contributed by atoms with Crippen molar-refractivity contribution in [1.29, 1.82) is 0 Å². The van der Waals surface area contributed by atoms with E-state index in [0.29, 0.717) is 12.5 Å². The second-order valence-corrected chi connectivity index (χ2v) is 4.19. The number of rotatable bonds is 4. The van der Waals surface area contributed by atoms with Crippen LogP contribution >= 0.6 is 0 Å². The Balaban J connectivity index is 2.21. The van der Waals surface area contributed by atoms with Crippen molar-refractivity contribution in [2.24, 2.45) is 4.99 Å². The maximum Gasteiger partial charge on any atom is 0.212 e. The Morgan fingerprint density at radius 1 is 1.41 bits per heavy atom. The van der Waals surface area contributed by atoms with Crippen LogP contribution in [-0.4, -0.2) is 25.7 Å². The molecule has 0 radical (unpaired) electrons. The van der Waals surface area contributed by atoms with E-state index in [-0.39, 0.29) is 12.1 Å². The molecule has 0 fully saturated rings. The molecule has 1 aromatic rings. The number of hydrogen-bond acceptors (Lipinski definition) is 3. The van der Waals surface area contributed by atoms with E-state index >= 15 is 0 Å². The van der Waals surface area contributed by atoms with Crippen LogP contribution in [0.5, 0.6) is 0 Å². The van der Waals surface area contributed by atoms with Gasteiger partial charge in [0.25, 0.3) is 0 Å². The van der Waals surface area contributed by atoms with Crippen molar-refractivity contribution < 1.29 is 9.47 Å². The topological polar surface area (TPSA) is 30.8 Å². The van der Waals surface area contributed by atoms with Gasteiger partial charge >= 0.3 is 0 Å². The van der Waals surface area contributed by atoms with Crippen LogP contribution in [0.25, 0.3) is 0 Å². The minimum Gasteiger partial charge on any atom is -0.467 e. The molecule has 3 nitrogen and oxygen atoms in total. The fraction of sp³-hybridized carbons (Fsp3) is 0.357. The Morgan fingerprint density at radius 3 is 2.71 bits per heavy atom. The predicted molar refractivity (Wildman–Crippen MR) is 68.2 cm³/mol. The lowest BCUT2D eigenvalue weighted by Crippen LogP contribution is -2.19. The molecule has 0 spiro atoms. The highest BCUT2D eigenvalue weighted by molar-refractivity contribution is 5.93. The molecule has 0 N–H and O–H groups in total. The zero-order chi connectivity index (χ0) is 12.3. The summed E-state index contributed by atoms with van der Waals surface area (Å²) >= 11 is 0. The molecule has 90 valence electrons. The van der Waals surface area contributed by atoms with E-state index in [9.17, 15) is 0 Å². The van der Waals surface area contributed by atoms with E-state index in [0.717, 1.165) is 11.1 Å². The van der Waals surface area contributed by atoms with E-state index in [2.05, 4.69) is 11.6 Å². The average Bonchev–Trinajstić information content (AvgIpc) is 2.75. The lowest BCUT2D eigenvalue weighted by Gasteiger charge is -2.17. The van der Waals surface area contributed by atoms with Gasteiger partial charge in [-0.25, -0.2) is 4.99 Å². The highest BCUT2D eigenvalue weighted by Gasteiger charge is 2.32. The second-order valence-electron chi connectivity index (χ2n) is 4.19. The summed E-state index contributed by atoms with van der Waals surface area (Å²) in [4.78, 5) is 4.50. The normalized spacial score (nSPS) is 23.1. The van der Waals surface area contributed by atoms with Gasteiger partial charge < -0.3 is 9.47 Å². The fourth-order valence-corrected chi connectivity index (χ4v) is 1.89. The molecule has 0 bridgehead atoms. The highest BCUT2D eigenvalue weighted by atomic mass is 16.5. The molecule has 1 aliphatic heterocycles. The number of nitrogens with zero attached hydrogens (tertiary/aromatic N) is 1. The molecule has 1 heterocycles. The molecule has 0 saturated heterocycles. The summed E-state index contributed by atoms with van der Waals surface area (Å²) in [7, 11) is 1.68. The summed E-state index contributed by atoms with van der Waals surface area (Å²) in [5, 5.41) is 0. The molecule has 0 aliphatic carbocycles. The molecule has 0 aromatic heterocycles. The molecule has 2 atom stereocenters. The van der Waals surface area contributed by atoms with Crippen molar-refractivity contribution in [3.63, 3.8) is 0 Å². The number of benzene rings is 1. The van der Waals surface area contributed by atoms with Crippen molar-refractivity contribution in [3.05, 3.63) is 48.0 Å². The van der Waals surface area contributed by atoms with Crippen LogP contribution in [-0.2, 0) is 9.47 Å². The van der Waals surface area contributed by atoms with Crippen molar-refractivity contribution in [1.82, 2.24) is 0 Å². The molecular weight excluding hydrogens is 214 g/mol. The zero-order valence-corrected chi connectivity index (χ0v) is 10.2. The molecular formula is C14H17NO2. The van der Waals surface area contributed by atoms with Gasteiger partial charge in [0.15, 0.2) is 6.10 Å². The summed E-state index contributed by atoms with van der Waals surface area (Å²) in [5.74, 6) is 0.640. The van der Waals surface area contributed by atoms with Crippen LogP contribution in [0.4, 0.5) is 0 Å². The average molecular weight is 231 g/mol. The van der Waals surface area contributed by atoms with Gasteiger partial charge in [-0.2, -0.15) is 0 Å². The molecule has 0 amide bonds. The van der Waals surface area contributed by atoms with E-state index in [1.165, 1.54) is 0 Å². The van der Waals surface area contributed by atoms with Crippen molar-refractivity contribution in [3.8, 4) is 0 Å². The first-order valence-corrected chi connectivity index (χ1v) is 5.66. The summed E-state index contributed by atoms with van der Waals surface area (Å²) in [6.07, 6.45) is -0.0668. The van der Waals surface area contributed by atoms with Crippen molar-refractivity contribution >= 4 is 5.90 Å². The quantitative estimate of drug-likeness (QED) is 0.797. The Morgan fingerprint density at radius 2 is 2.12 bits per heavy atom. The van der Waals surface area contributed by atoms with Crippen LogP contribution in [0.1, 0.15) is 18.6 Å². The minimum absolute atomic E-state index is 0.00843. The summed E-state index contributed by atoms with van der Waals surface area (Å²) < 4.78 is 11.0. The first-order chi connectivity index (χ1) is 8.22. The van der Waals surface area contributed by atoms with Crippen LogP contribution in [0.15, 0.2) is 47.5 Å². The zero-order valence-electron chi connectivity index (χ0n) is 10.2. The van der Waals surface area contributed by atoms with Crippen LogP contribution < -0.4 is 0 Å². The molecule has 2 unspecified atom stereocenters. The van der Waals surface area contributed by atoms with Crippen molar-refractivity contribution in [2.45, 2.75) is 19.1 Å². The summed E-state index contributed by atoms with van der Waals surface area (Å²) in [6, 6.07) is 10.1. The van der Waals surface area contributed by atoms with Gasteiger partial charge in [-0.3, -0.25) is 0 Å². The molecule has 0 saturated carbocycles. The Hall–Kier alpha value is -1.61. The van der Waals surface area contributed by atoms with E-state index in [1.807, 2.05) is 37.3 Å². The van der Waals surface area contributed by atoms with Crippen LogP contribution in [0.2, 0.25) is 0 Å². The number of hydrogen-bond donors (Lipinski definition) is 0. The molecule has 2 rings (SSSR count). The maximum atomic E-state index is 5.84. The fourth-order valence-electron chi connectivity index (χ4n) is 1.89. The van der Waals surface area contributed by atoms with E-state index < -0.39 is 0 Å². The lowest BCUT2D eigenvalue weighted by molar-refractivity contribution is 0.120. The van der Waals surface area contributed by atoms with Gasteiger partial charge in [0.05, 0.1) is 6.61 Å². The monoisotopic (exact) mass is 231 g/mol. The van der Waals surface area contributed by atoms with E-state index in [1.54, 1.807) is 7.11 Å². The predicted octanol–water partition coefficient (Wildman–Crippen LogP) is 2.75. The third-order valence-electron chi connectivity index (χ3n) is 2.70. The van der Waals surface area contributed by atoms with E-state index in [4.69, 9.17) is 9.47 Å². The Labute approximate surface area is 102 Å². The molecule has 17 heavy (non-hydrogen) atoms. The summed E-state index contributed by atoms with van der Waals surface area (Å²) in [5.41, 5.74) is 1.97. The van der Waals surface area contributed by atoms with Gasteiger partial charge in [-0.15, -0.1) is 0 Å². The first-order valence-electron chi connectivity index (χ1n) is 5.66. The van der Waals surface area contributed by atoms with Crippen molar-refractivity contribution in [2.75, 3.05) is 13.7 Å². The second kappa shape index (κ2) is 5.15. The summed E-state index contributed by atoms with van der Waals surface area (Å²) in [6.45, 7) is 6.31. The molecule has 3 heteroatoms. The smallest absolute Gasteiger partial charge is 0.212 e. The Kier molecular flexibility index (Phi) is 3.59. The highest BCUT2D eigenvalue weighted by Crippen LogP contribution is 2.30. The van der Waals surface area contributed by atoms with Crippen LogP contribution in [0, 0.1) is 0 Å². The van der Waals surface area contributed by atoms with Crippen LogP contribution in [0.3, 0.4) is 0 Å². The SMILES string of the molecule is C=C(C)C1=NC(COC)C(c2ccccc2)O1. The van der Waals surface area contributed by atoms with Gasteiger partial charge in [0.2, 0.25) is 5.90 Å². The standard InChI is InChI=1S/C14H17NO2/c1-10(2)14-15-12(9-16-3)13(17-14)11-7-5-4-6-8-11/h4-8,12-13H,1,9H2,2-3H3. The largest absolute Gasteiger partial charge is 0.467 e. The molecule has 1 aromatic carbocycles. The number of ether oxygens (including phenoxy) is 2. The van der Waals surface area contributed by atoms with Gasteiger partial charge in [0.1, 0.15) is 6.04 Å². The molecule has 1 aliphatic rings. The minimum atomic E-state index is -0.0668. The van der Waals surface area contributed by atoms with Gasteiger partial charge in [-0.05, 0) is 12.5 Å². The first kappa shape index (κ1) is 11.9. The number of aliphatic imine (C=N–C) groups is 1. The lowest BCUT2D eigenvalue weighted by atomic mass is 10.0. The third kappa shape index (κ3) is 2.56. The maximum absolute atomic E-state index is 5.84. The third-order valence-corrected chi connectivity index (χ3v) is 2.70.